The SMILES string of the molecule is NNc1ccc(Cl)cc1C(=O)Nc1ccc2c(c1)CCC2. The van der Waals surface area contributed by atoms with Crippen LogP contribution in [0.3, 0.4) is 0 Å². The number of nitrogen functional groups attached to an aromatic ring is 1. The van der Waals surface area contributed by atoms with Crippen LogP contribution < -0.4 is 16.6 Å². The average molecular weight is 302 g/mol. The molecule has 3 rings (SSSR count). The monoisotopic (exact) mass is 301 g/mol. The van der Waals surface area contributed by atoms with Crippen molar-refractivity contribution in [3.8, 4) is 0 Å². The Kier molecular flexibility index (Phi) is 3.82. The van der Waals surface area contributed by atoms with Crippen molar-refractivity contribution >= 4 is 28.9 Å². The standard InChI is InChI=1S/C16H16ClN3O/c17-12-5-7-15(20-18)14(9-12)16(21)19-13-6-4-10-2-1-3-11(10)8-13/h4-9,20H,1-3,18H2,(H,19,21). The Bertz CT molecular complexity index is 700. The first kappa shape index (κ1) is 13.9. The number of rotatable bonds is 3. The normalized spacial score (nSPS) is 12.9. The number of aryl methyl sites for hydroxylation is 2. The Hall–Kier alpha value is -2.04. The van der Waals surface area contributed by atoms with Gasteiger partial charge in [0.1, 0.15) is 0 Å². The lowest BCUT2D eigenvalue weighted by Gasteiger charge is -2.11. The Balaban J connectivity index is 1.85. The van der Waals surface area contributed by atoms with Crippen LogP contribution >= 0.6 is 11.6 Å². The molecule has 0 saturated heterocycles. The van der Waals surface area contributed by atoms with E-state index in [-0.39, 0.29) is 5.91 Å². The molecule has 5 heteroatoms. The van der Waals surface area contributed by atoms with E-state index in [1.165, 1.54) is 17.5 Å². The van der Waals surface area contributed by atoms with Crippen LogP contribution in [0, 0.1) is 0 Å². The van der Waals surface area contributed by atoms with E-state index < -0.39 is 0 Å². The van der Waals surface area contributed by atoms with Gasteiger partial charge in [0.25, 0.3) is 5.91 Å². The van der Waals surface area contributed by atoms with Crippen molar-refractivity contribution in [2.75, 3.05) is 10.7 Å². The summed E-state index contributed by atoms with van der Waals surface area (Å²) in [6, 6.07) is 11.0. The van der Waals surface area contributed by atoms with Crippen LogP contribution in [0.1, 0.15) is 27.9 Å². The van der Waals surface area contributed by atoms with Gasteiger partial charge >= 0.3 is 0 Å². The van der Waals surface area contributed by atoms with Gasteiger partial charge in [0, 0.05) is 10.7 Å². The lowest BCUT2D eigenvalue weighted by atomic mass is 10.1. The number of fused-ring (bicyclic) bond motifs is 1. The van der Waals surface area contributed by atoms with Crippen LogP contribution in [0.2, 0.25) is 5.02 Å². The van der Waals surface area contributed by atoms with Gasteiger partial charge in [0.15, 0.2) is 0 Å². The molecule has 108 valence electrons. The zero-order valence-corrected chi connectivity index (χ0v) is 12.2. The summed E-state index contributed by atoms with van der Waals surface area (Å²) in [6.07, 6.45) is 3.38. The molecule has 0 saturated carbocycles. The third-order valence-electron chi connectivity index (χ3n) is 3.74. The number of carbonyl (C=O) groups excluding carboxylic acids is 1. The van der Waals surface area contributed by atoms with Gasteiger partial charge in [-0.15, -0.1) is 0 Å². The van der Waals surface area contributed by atoms with Crippen LogP contribution in [-0.2, 0) is 12.8 Å². The molecular weight excluding hydrogens is 286 g/mol. The molecule has 0 unspecified atom stereocenters. The predicted octanol–water partition coefficient (Wildman–Crippen LogP) is 3.37. The minimum absolute atomic E-state index is 0.233. The molecule has 0 aliphatic heterocycles. The van der Waals surface area contributed by atoms with E-state index in [0.29, 0.717) is 16.3 Å². The number of nitrogens with two attached hydrogens (primary N) is 1. The van der Waals surface area contributed by atoms with E-state index in [0.717, 1.165) is 18.5 Å². The van der Waals surface area contributed by atoms with Crippen molar-refractivity contribution in [2.45, 2.75) is 19.3 Å². The Labute approximate surface area is 128 Å². The molecule has 0 bridgehead atoms. The van der Waals surface area contributed by atoms with Crippen molar-refractivity contribution < 1.29 is 4.79 Å². The fourth-order valence-electron chi connectivity index (χ4n) is 2.68. The van der Waals surface area contributed by atoms with E-state index in [1.54, 1.807) is 18.2 Å². The Morgan fingerprint density at radius 3 is 2.71 bits per heavy atom. The number of anilines is 2. The van der Waals surface area contributed by atoms with Crippen LogP contribution in [0.15, 0.2) is 36.4 Å². The first-order chi connectivity index (χ1) is 10.2. The number of amides is 1. The van der Waals surface area contributed by atoms with Gasteiger partial charge in [-0.1, -0.05) is 17.7 Å². The van der Waals surface area contributed by atoms with Gasteiger partial charge in [-0.3, -0.25) is 10.6 Å². The van der Waals surface area contributed by atoms with E-state index in [2.05, 4.69) is 16.8 Å². The molecule has 1 amide bonds. The highest BCUT2D eigenvalue weighted by Gasteiger charge is 2.14. The molecule has 2 aromatic carbocycles. The van der Waals surface area contributed by atoms with Gasteiger partial charge in [-0.25, -0.2) is 0 Å². The molecule has 1 aliphatic carbocycles. The molecule has 0 radical (unpaired) electrons. The number of hydrogen-bond donors (Lipinski definition) is 3. The lowest BCUT2D eigenvalue weighted by molar-refractivity contribution is 0.102. The lowest BCUT2D eigenvalue weighted by Crippen LogP contribution is -2.17. The van der Waals surface area contributed by atoms with Crippen molar-refractivity contribution in [3.63, 3.8) is 0 Å². The van der Waals surface area contributed by atoms with Crippen molar-refractivity contribution in [1.29, 1.82) is 0 Å². The summed E-state index contributed by atoms with van der Waals surface area (Å²) in [7, 11) is 0. The van der Waals surface area contributed by atoms with Gasteiger partial charge in [0.05, 0.1) is 11.3 Å². The zero-order chi connectivity index (χ0) is 14.8. The molecule has 0 atom stereocenters. The number of hydrazine groups is 1. The highest BCUT2D eigenvalue weighted by atomic mass is 35.5. The molecule has 1 aliphatic rings. The third-order valence-corrected chi connectivity index (χ3v) is 3.97. The molecule has 2 aromatic rings. The number of benzene rings is 2. The maximum absolute atomic E-state index is 12.4. The van der Waals surface area contributed by atoms with E-state index >= 15 is 0 Å². The van der Waals surface area contributed by atoms with E-state index in [4.69, 9.17) is 17.4 Å². The van der Waals surface area contributed by atoms with Gasteiger partial charge in [-0.05, 0) is 60.7 Å². The van der Waals surface area contributed by atoms with E-state index in [1.807, 2.05) is 12.1 Å². The first-order valence-electron chi connectivity index (χ1n) is 6.86. The fourth-order valence-corrected chi connectivity index (χ4v) is 2.85. The van der Waals surface area contributed by atoms with Crippen LogP contribution in [0.5, 0.6) is 0 Å². The van der Waals surface area contributed by atoms with Crippen LogP contribution in [0.25, 0.3) is 0 Å². The van der Waals surface area contributed by atoms with Gasteiger partial charge in [-0.2, -0.15) is 0 Å². The Morgan fingerprint density at radius 2 is 1.90 bits per heavy atom. The van der Waals surface area contributed by atoms with Crippen molar-refractivity contribution in [1.82, 2.24) is 0 Å². The number of hydrogen-bond acceptors (Lipinski definition) is 3. The summed E-state index contributed by atoms with van der Waals surface area (Å²) in [5.41, 5.74) is 6.96. The molecule has 0 spiro atoms. The molecule has 0 heterocycles. The topological polar surface area (TPSA) is 67.1 Å². The molecule has 4 N–H and O–H groups in total. The number of carbonyl (C=O) groups is 1. The number of nitrogens with one attached hydrogen (secondary N) is 2. The highest BCUT2D eigenvalue weighted by Crippen LogP contribution is 2.26. The van der Waals surface area contributed by atoms with Crippen LogP contribution in [0.4, 0.5) is 11.4 Å². The largest absolute Gasteiger partial charge is 0.323 e. The quantitative estimate of drug-likeness (QED) is 0.601. The average Bonchev–Trinajstić information content (AvgIpc) is 2.94. The third kappa shape index (κ3) is 2.86. The smallest absolute Gasteiger partial charge is 0.257 e. The second kappa shape index (κ2) is 5.76. The highest BCUT2D eigenvalue weighted by molar-refractivity contribution is 6.31. The summed E-state index contributed by atoms with van der Waals surface area (Å²) in [6.45, 7) is 0. The molecule has 21 heavy (non-hydrogen) atoms. The second-order valence-electron chi connectivity index (χ2n) is 5.13. The van der Waals surface area contributed by atoms with E-state index in [9.17, 15) is 4.79 Å². The Morgan fingerprint density at radius 1 is 1.10 bits per heavy atom. The summed E-state index contributed by atoms with van der Waals surface area (Å²) >= 11 is 5.95. The molecule has 4 nitrogen and oxygen atoms in total. The fraction of sp³-hybridized carbons (Fsp3) is 0.188. The predicted molar refractivity (Wildman–Crippen MR) is 85.7 cm³/mol. The van der Waals surface area contributed by atoms with Gasteiger partial charge in [0.2, 0.25) is 0 Å². The number of halogens is 1. The summed E-state index contributed by atoms with van der Waals surface area (Å²) in [5.74, 6) is 5.20. The zero-order valence-electron chi connectivity index (χ0n) is 11.4. The summed E-state index contributed by atoms with van der Waals surface area (Å²) in [4.78, 5) is 12.4. The minimum atomic E-state index is -0.233. The van der Waals surface area contributed by atoms with Crippen molar-refractivity contribution in [3.05, 3.63) is 58.1 Å². The van der Waals surface area contributed by atoms with Gasteiger partial charge < -0.3 is 10.7 Å². The summed E-state index contributed by atoms with van der Waals surface area (Å²) in [5, 5.41) is 3.39. The maximum Gasteiger partial charge on any atom is 0.257 e. The molecule has 0 aromatic heterocycles. The first-order valence-corrected chi connectivity index (χ1v) is 7.24. The maximum atomic E-state index is 12.4. The molecular formula is C16H16ClN3O. The summed E-state index contributed by atoms with van der Waals surface area (Å²) < 4.78 is 0. The molecule has 0 fully saturated rings. The van der Waals surface area contributed by atoms with Crippen LogP contribution in [-0.4, -0.2) is 5.91 Å². The van der Waals surface area contributed by atoms with Crippen molar-refractivity contribution in [2.24, 2.45) is 5.84 Å². The second-order valence-corrected chi connectivity index (χ2v) is 5.56. The minimum Gasteiger partial charge on any atom is -0.323 e.